The minimum atomic E-state index is -0.654. The lowest BCUT2D eigenvalue weighted by molar-refractivity contribution is -0.123. The molecule has 0 aliphatic carbocycles. The van der Waals surface area contributed by atoms with Crippen molar-refractivity contribution in [3.05, 3.63) is 89.5 Å². The Morgan fingerprint density at radius 3 is 2.02 bits per heavy atom. The van der Waals surface area contributed by atoms with Crippen LogP contribution in [0.1, 0.15) is 32.7 Å². The van der Waals surface area contributed by atoms with E-state index in [1.54, 1.807) is 31.4 Å². The molecular formula is C31H31N3O6. The predicted octanol–water partition coefficient (Wildman–Crippen LogP) is 3.50. The molecule has 0 spiro atoms. The number of methoxy groups -OCH3 is 1. The molecule has 2 fully saturated rings. The number of carbonyl (C=O) groups is 4. The number of esters is 1. The highest BCUT2D eigenvalue weighted by molar-refractivity contribution is 6.22. The number of ketones is 1. The van der Waals surface area contributed by atoms with E-state index in [2.05, 4.69) is 9.80 Å². The second kappa shape index (κ2) is 11.7. The number of hydrogen-bond donors (Lipinski definition) is 0. The molecule has 2 aliphatic heterocycles. The lowest BCUT2D eigenvalue weighted by Gasteiger charge is -2.38. The van der Waals surface area contributed by atoms with Gasteiger partial charge in [-0.2, -0.15) is 0 Å². The largest absolute Gasteiger partial charge is 0.497 e. The quantitative estimate of drug-likeness (QED) is 0.243. The highest BCUT2D eigenvalue weighted by atomic mass is 16.5. The second-order valence-corrected chi connectivity index (χ2v) is 9.92. The molecule has 0 radical (unpaired) electrons. The minimum absolute atomic E-state index is 0.117. The summed E-state index contributed by atoms with van der Waals surface area (Å²) >= 11 is 0. The molecule has 5 rings (SSSR count). The zero-order valence-corrected chi connectivity index (χ0v) is 22.5. The number of piperazine rings is 1. The molecule has 2 amide bonds. The van der Waals surface area contributed by atoms with Crippen molar-refractivity contribution >= 4 is 34.9 Å². The first-order chi connectivity index (χ1) is 19.3. The monoisotopic (exact) mass is 541 g/mol. The third-order valence-electron chi connectivity index (χ3n) is 7.38. The normalized spacial score (nSPS) is 17.7. The molecule has 2 aliphatic rings. The van der Waals surface area contributed by atoms with Crippen LogP contribution < -0.4 is 14.5 Å². The Hall–Kier alpha value is -4.50. The molecule has 9 nitrogen and oxygen atoms in total. The van der Waals surface area contributed by atoms with Gasteiger partial charge >= 0.3 is 5.97 Å². The fourth-order valence-corrected chi connectivity index (χ4v) is 5.04. The van der Waals surface area contributed by atoms with Gasteiger partial charge < -0.3 is 14.4 Å². The second-order valence-electron chi connectivity index (χ2n) is 9.92. The molecule has 2 heterocycles. The molecule has 0 bridgehead atoms. The Kier molecular flexibility index (Phi) is 7.93. The maximum absolute atomic E-state index is 13.3. The summed E-state index contributed by atoms with van der Waals surface area (Å²) < 4.78 is 10.4. The van der Waals surface area contributed by atoms with Crippen molar-refractivity contribution in [3.8, 4) is 5.75 Å². The van der Waals surface area contributed by atoms with E-state index in [1.807, 2.05) is 43.3 Å². The Morgan fingerprint density at radius 1 is 0.800 bits per heavy atom. The van der Waals surface area contributed by atoms with E-state index in [0.29, 0.717) is 24.3 Å². The van der Waals surface area contributed by atoms with Crippen molar-refractivity contribution in [2.75, 3.05) is 49.7 Å². The number of nitrogens with zero attached hydrogens (tertiary/aromatic N) is 3. The summed E-state index contributed by atoms with van der Waals surface area (Å²) in [5, 5.41) is 0. The number of hydrogen-bond acceptors (Lipinski definition) is 8. The molecule has 0 saturated carbocycles. The molecule has 2 saturated heterocycles. The van der Waals surface area contributed by atoms with Gasteiger partial charge in [-0.3, -0.25) is 19.3 Å². The van der Waals surface area contributed by atoms with Crippen LogP contribution in [0.15, 0.2) is 72.8 Å². The summed E-state index contributed by atoms with van der Waals surface area (Å²) in [4.78, 5) is 56.4. The van der Waals surface area contributed by atoms with Crippen molar-refractivity contribution in [2.45, 2.75) is 19.4 Å². The predicted molar refractivity (Wildman–Crippen MR) is 150 cm³/mol. The van der Waals surface area contributed by atoms with Crippen LogP contribution in [-0.2, 0) is 14.3 Å². The van der Waals surface area contributed by atoms with E-state index >= 15 is 0 Å². The maximum Gasteiger partial charge on any atom is 0.338 e. The van der Waals surface area contributed by atoms with Crippen LogP contribution in [0.3, 0.4) is 0 Å². The molecule has 0 aromatic heterocycles. The summed E-state index contributed by atoms with van der Waals surface area (Å²) in [5.41, 5.74) is 3.22. The van der Waals surface area contributed by atoms with E-state index in [1.165, 1.54) is 17.0 Å². The van der Waals surface area contributed by atoms with Gasteiger partial charge in [-0.15, -0.1) is 0 Å². The van der Waals surface area contributed by atoms with Gasteiger partial charge in [-0.25, -0.2) is 9.69 Å². The maximum atomic E-state index is 13.3. The van der Waals surface area contributed by atoms with Crippen LogP contribution in [-0.4, -0.2) is 74.4 Å². The molecule has 3 aromatic carbocycles. The summed E-state index contributed by atoms with van der Waals surface area (Å²) in [6, 6.07) is 20.5. The average molecular weight is 542 g/mol. The van der Waals surface area contributed by atoms with E-state index < -0.39 is 12.0 Å². The van der Waals surface area contributed by atoms with Gasteiger partial charge in [0.25, 0.3) is 5.91 Å². The number of imide groups is 1. The van der Waals surface area contributed by atoms with Crippen LogP contribution in [0.5, 0.6) is 5.75 Å². The van der Waals surface area contributed by atoms with Gasteiger partial charge in [0.2, 0.25) is 5.91 Å². The molecular weight excluding hydrogens is 510 g/mol. The van der Waals surface area contributed by atoms with Crippen molar-refractivity contribution in [1.29, 1.82) is 0 Å². The lowest BCUT2D eigenvalue weighted by Crippen LogP contribution is -2.52. The number of anilines is 2. The standard InChI is InChI=1S/C31H31N3O6/c1-21-3-5-22(6-4-21)28(35)20-40-31(38)23-7-9-25(10-8-23)34-29(36)19-27(30(34)37)33-17-15-32(16-18-33)24-11-13-26(39-2)14-12-24/h3-14,27H,15-20H2,1-2H3. The van der Waals surface area contributed by atoms with Crippen LogP contribution >= 0.6 is 0 Å². The summed E-state index contributed by atoms with van der Waals surface area (Å²) in [7, 11) is 1.64. The molecule has 1 unspecified atom stereocenters. The zero-order valence-electron chi connectivity index (χ0n) is 22.5. The molecule has 206 valence electrons. The van der Waals surface area contributed by atoms with Gasteiger partial charge in [0.15, 0.2) is 12.4 Å². The van der Waals surface area contributed by atoms with Gasteiger partial charge in [0.05, 0.1) is 30.8 Å². The summed E-state index contributed by atoms with van der Waals surface area (Å²) in [6.07, 6.45) is 0.117. The average Bonchev–Trinajstić information content (AvgIpc) is 3.29. The van der Waals surface area contributed by atoms with Crippen molar-refractivity contribution in [3.63, 3.8) is 0 Å². The third kappa shape index (κ3) is 5.74. The highest BCUT2D eigenvalue weighted by Crippen LogP contribution is 2.28. The van der Waals surface area contributed by atoms with E-state index in [0.717, 1.165) is 30.1 Å². The number of carbonyl (C=O) groups excluding carboxylic acids is 4. The van der Waals surface area contributed by atoms with Crippen molar-refractivity contribution < 1.29 is 28.7 Å². The Labute approximate surface area is 232 Å². The minimum Gasteiger partial charge on any atom is -0.497 e. The fraction of sp³-hybridized carbons (Fsp3) is 0.290. The first-order valence-electron chi connectivity index (χ1n) is 13.2. The lowest BCUT2D eigenvalue weighted by atomic mass is 10.1. The van der Waals surface area contributed by atoms with E-state index in [4.69, 9.17) is 9.47 Å². The fourth-order valence-electron chi connectivity index (χ4n) is 5.04. The van der Waals surface area contributed by atoms with Gasteiger partial charge in [0, 0.05) is 37.4 Å². The Balaban J connectivity index is 1.16. The molecule has 1 atom stereocenters. The number of Topliss-reactive ketones (excluding diaryl/α,β-unsaturated/α-hetero) is 1. The third-order valence-corrected chi connectivity index (χ3v) is 7.38. The molecule has 40 heavy (non-hydrogen) atoms. The first-order valence-corrected chi connectivity index (χ1v) is 13.2. The number of rotatable bonds is 8. The molecule has 9 heteroatoms. The zero-order chi connectivity index (χ0) is 28.2. The SMILES string of the molecule is COc1ccc(N2CCN(C3CC(=O)N(c4ccc(C(=O)OCC(=O)c5ccc(C)cc5)cc4)C3=O)CC2)cc1. The van der Waals surface area contributed by atoms with Crippen molar-refractivity contribution in [1.82, 2.24) is 4.90 Å². The Bertz CT molecular complexity index is 1390. The number of ether oxygens (including phenoxy) is 2. The van der Waals surface area contributed by atoms with Crippen LogP contribution in [0.25, 0.3) is 0 Å². The van der Waals surface area contributed by atoms with Gasteiger partial charge in [-0.05, 0) is 55.5 Å². The summed E-state index contributed by atoms with van der Waals surface area (Å²) in [5.74, 6) is -0.683. The van der Waals surface area contributed by atoms with Crippen LogP contribution in [0.4, 0.5) is 11.4 Å². The summed E-state index contributed by atoms with van der Waals surface area (Å²) in [6.45, 7) is 4.36. The number of aryl methyl sites for hydroxylation is 1. The van der Waals surface area contributed by atoms with E-state index in [9.17, 15) is 19.2 Å². The first kappa shape index (κ1) is 27.1. The molecule has 0 N–H and O–H groups in total. The van der Waals surface area contributed by atoms with E-state index in [-0.39, 0.29) is 36.2 Å². The van der Waals surface area contributed by atoms with Gasteiger partial charge in [-0.1, -0.05) is 29.8 Å². The molecule has 3 aromatic rings. The topological polar surface area (TPSA) is 96.5 Å². The smallest absolute Gasteiger partial charge is 0.338 e. The highest BCUT2D eigenvalue weighted by Gasteiger charge is 2.43. The number of benzene rings is 3. The van der Waals surface area contributed by atoms with Crippen LogP contribution in [0, 0.1) is 6.92 Å². The van der Waals surface area contributed by atoms with Crippen LogP contribution in [0.2, 0.25) is 0 Å². The van der Waals surface area contributed by atoms with Gasteiger partial charge in [0.1, 0.15) is 5.75 Å². The number of amides is 2. The Morgan fingerprint density at radius 2 is 1.40 bits per heavy atom. The van der Waals surface area contributed by atoms with Crippen molar-refractivity contribution in [2.24, 2.45) is 0 Å².